The molecule has 1 aromatic carbocycles. The molecule has 1 N–H and O–H groups in total. The van der Waals surface area contributed by atoms with Gasteiger partial charge in [-0.1, -0.05) is 6.07 Å². The zero-order valence-corrected chi connectivity index (χ0v) is 9.94. The topological polar surface area (TPSA) is 15.3 Å². The molecule has 0 bridgehead atoms. The largest absolute Gasteiger partial charge is 0.380 e. The van der Waals surface area contributed by atoms with Crippen molar-refractivity contribution in [2.24, 2.45) is 0 Å². The molecule has 0 aliphatic rings. The second-order valence-corrected chi connectivity index (χ2v) is 4.18. The van der Waals surface area contributed by atoms with E-state index in [-0.39, 0.29) is 5.82 Å². The fourth-order valence-corrected chi connectivity index (χ4v) is 1.55. The van der Waals surface area contributed by atoms with Gasteiger partial charge in [-0.2, -0.15) is 0 Å². The quantitative estimate of drug-likeness (QED) is 0.896. The van der Waals surface area contributed by atoms with Crippen LogP contribution in [0.5, 0.6) is 0 Å². The minimum Gasteiger partial charge on any atom is -0.380 e. The van der Waals surface area contributed by atoms with Crippen molar-refractivity contribution in [3.8, 4) is 0 Å². The van der Waals surface area contributed by atoms with Crippen molar-refractivity contribution in [2.75, 3.05) is 32.5 Å². The van der Waals surface area contributed by atoms with Crippen molar-refractivity contribution in [1.82, 2.24) is 4.90 Å². The van der Waals surface area contributed by atoms with E-state index in [1.54, 1.807) is 6.07 Å². The van der Waals surface area contributed by atoms with Crippen molar-refractivity contribution in [1.29, 1.82) is 0 Å². The number of nitrogens with one attached hydrogen (secondary N) is 1. The van der Waals surface area contributed by atoms with Gasteiger partial charge < -0.3 is 10.2 Å². The molecule has 78 valence electrons. The van der Waals surface area contributed by atoms with Crippen LogP contribution >= 0.6 is 15.9 Å². The van der Waals surface area contributed by atoms with Crippen LogP contribution in [0.1, 0.15) is 0 Å². The summed E-state index contributed by atoms with van der Waals surface area (Å²) in [4.78, 5) is 2.04. The Hall–Kier alpha value is -0.610. The summed E-state index contributed by atoms with van der Waals surface area (Å²) in [6, 6.07) is 4.94. The summed E-state index contributed by atoms with van der Waals surface area (Å²) in [7, 11) is 3.97. The smallest absolute Gasteiger partial charge is 0.147 e. The number of likely N-dealkylation sites (N-methyl/N-ethyl adjacent to an activating group) is 1. The first-order valence-electron chi connectivity index (χ1n) is 4.44. The molecule has 0 atom stereocenters. The highest BCUT2D eigenvalue weighted by Gasteiger charge is 2.04. The van der Waals surface area contributed by atoms with Crippen molar-refractivity contribution in [2.45, 2.75) is 0 Å². The van der Waals surface area contributed by atoms with Crippen LogP contribution in [0.4, 0.5) is 10.1 Å². The Morgan fingerprint density at radius 1 is 1.43 bits per heavy atom. The Morgan fingerprint density at radius 3 is 2.71 bits per heavy atom. The van der Waals surface area contributed by atoms with Crippen LogP contribution in [0.3, 0.4) is 0 Å². The monoisotopic (exact) mass is 260 g/mol. The SMILES string of the molecule is CN(C)CCNc1c(F)cccc1Br. The summed E-state index contributed by atoms with van der Waals surface area (Å²) in [5.41, 5.74) is 0.536. The number of halogens is 2. The second kappa shape index (κ2) is 5.32. The van der Waals surface area contributed by atoms with Crippen molar-refractivity contribution < 1.29 is 4.39 Å². The van der Waals surface area contributed by atoms with Crippen molar-refractivity contribution in [3.63, 3.8) is 0 Å². The summed E-state index contributed by atoms with van der Waals surface area (Å²) < 4.78 is 14.0. The number of para-hydroxylation sites is 1. The van der Waals surface area contributed by atoms with E-state index >= 15 is 0 Å². The van der Waals surface area contributed by atoms with E-state index in [2.05, 4.69) is 21.2 Å². The molecule has 0 saturated heterocycles. The average Bonchev–Trinajstić information content (AvgIpc) is 2.09. The molecule has 0 fully saturated rings. The van der Waals surface area contributed by atoms with Gasteiger partial charge in [0.1, 0.15) is 5.82 Å². The Balaban J connectivity index is 2.58. The van der Waals surface area contributed by atoms with Gasteiger partial charge in [-0.25, -0.2) is 4.39 Å². The molecule has 0 spiro atoms. The van der Waals surface area contributed by atoms with E-state index in [9.17, 15) is 4.39 Å². The lowest BCUT2D eigenvalue weighted by Gasteiger charge is -2.12. The standard InChI is InChI=1S/C10H14BrFN2/c1-14(2)7-6-13-10-8(11)4-3-5-9(10)12/h3-5,13H,6-7H2,1-2H3. The molecule has 0 radical (unpaired) electrons. The highest BCUT2D eigenvalue weighted by molar-refractivity contribution is 9.10. The van der Waals surface area contributed by atoms with Gasteiger partial charge in [0.15, 0.2) is 0 Å². The maximum absolute atomic E-state index is 13.3. The third-order valence-electron chi connectivity index (χ3n) is 1.82. The lowest BCUT2D eigenvalue weighted by atomic mass is 10.3. The maximum atomic E-state index is 13.3. The first-order chi connectivity index (χ1) is 6.61. The first-order valence-corrected chi connectivity index (χ1v) is 5.23. The molecule has 0 saturated carbocycles. The van der Waals surface area contributed by atoms with Crippen LogP contribution < -0.4 is 5.32 Å². The molecule has 0 aliphatic carbocycles. The maximum Gasteiger partial charge on any atom is 0.147 e. The number of rotatable bonds is 4. The van der Waals surface area contributed by atoms with Gasteiger partial charge in [-0.05, 0) is 42.2 Å². The average molecular weight is 261 g/mol. The van der Waals surface area contributed by atoms with Gasteiger partial charge in [-0.3, -0.25) is 0 Å². The van der Waals surface area contributed by atoms with Crippen LogP contribution in [-0.4, -0.2) is 32.1 Å². The molecule has 4 heteroatoms. The number of benzene rings is 1. The molecule has 1 rings (SSSR count). The van der Waals surface area contributed by atoms with Gasteiger partial charge in [0.05, 0.1) is 5.69 Å². The molecule has 0 aliphatic heterocycles. The van der Waals surface area contributed by atoms with Crippen molar-refractivity contribution in [3.05, 3.63) is 28.5 Å². The highest BCUT2D eigenvalue weighted by Crippen LogP contribution is 2.24. The normalized spacial score (nSPS) is 10.6. The van der Waals surface area contributed by atoms with Crippen LogP contribution in [0.15, 0.2) is 22.7 Å². The second-order valence-electron chi connectivity index (χ2n) is 3.33. The van der Waals surface area contributed by atoms with Crippen LogP contribution in [-0.2, 0) is 0 Å². The molecule has 0 unspecified atom stereocenters. The molecule has 0 aromatic heterocycles. The fourth-order valence-electron chi connectivity index (χ4n) is 1.07. The lowest BCUT2D eigenvalue weighted by molar-refractivity contribution is 0.425. The summed E-state index contributed by atoms with van der Waals surface area (Å²) in [5.74, 6) is -0.224. The zero-order chi connectivity index (χ0) is 10.6. The van der Waals surface area contributed by atoms with Crippen LogP contribution in [0.25, 0.3) is 0 Å². The van der Waals surface area contributed by atoms with E-state index in [4.69, 9.17) is 0 Å². The van der Waals surface area contributed by atoms with Gasteiger partial charge in [-0.15, -0.1) is 0 Å². The molecule has 2 nitrogen and oxygen atoms in total. The van der Waals surface area contributed by atoms with Gasteiger partial charge in [0, 0.05) is 17.6 Å². The Bertz CT molecular complexity index is 282. The third kappa shape index (κ3) is 3.27. The minimum atomic E-state index is -0.224. The fraction of sp³-hybridized carbons (Fsp3) is 0.400. The van der Waals surface area contributed by atoms with Gasteiger partial charge in [0.25, 0.3) is 0 Å². The van der Waals surface area contributed by atoms with Crippen LogP contribution in [0, 0.1) is 5.82 Å². The zero-order valence-electron chi connectivity index (χ0n) is 8.35. The number of hydrogen-bond donors (Lipinski definition) is 1. The van der Waals surface area contributed by atoms with E-state index in [0.717, 1.165) is 17.6 Å². The summed E-state index contributed by atoms with van der Waals surface area (Å²) in [6.45, 7) is 1.60. The van der Waals surface area contributed by atoms with E-state index < -0.39 is 0 Å². The van der Waals surface area contributed by atoms with E-state index in [1.165, 1.54) is 6.07 Å². The number of anilines is 1. The molecule has 1 aromatic rings. The molecule has 0 heterocycles. The highest BCUT2D eigenvalue weighted by atomic mass is 79.9. The number of nitrogens with zero attached hydrogens (tertiary/aromatic N) is 1. The van der Waals surface area contributed by atoms with Crippen LogP contribution in [0.2, 0.25) is 0 Å². The van der Waals surface area contributed by atoms with E-state index in [1.807, 2.05) is 25.1 Å². The van der Waals surface area contributed by atoms with Crippen molar-refractivity contribution >= 4 is 21.6 Å². The predicted molar refractivity (Wildman–Crippen MR) is 61.1 cm³/mol. The lowest BCUT2D eigenvalue weighted by Crippen LogP contribution is -2.21. The first kappa shape index (κ1) is 11.5. The minimum absolute atomic E-state index is 0.224. The summed E-state index contributed by atoms with van der Waals surface area (Å²) in [5, 5.41) is 3.05. The Kier molecular flexibility index (Phi) is 4.35. The molecular weight excluding hydrogens is 247 g/mol. The van der Waals surface area contributed by atoms with Gasteiger partial charge >= 0.3 is 0 Å². The molecular formula is C10H14BrFN2. The Labute approximate surface area is 92.2 Å². The molecule has 14 heavy (non-hydrogen) atoms. The summed E-state index contributed by atoms with van der Waals surface area (Å²) >= 11 is 3.30. The van der Waals surface area contributed by atoms with Gasteiger partial charge in [0.2, 0.25) is 0 Å². The molecule has 0 amide bonds. The number of hydrogen-bond acceptors (Lipinski definition) is 2. The predicted octanol–water partition coefficient (Wildman–Crippen LogP) is 2.56. The third-order valence-corrected chi connectivity index (χ3v) is 2.48. The summed E-state index contributed by atoms with van der Waals surface area (Å²) in [6.07, 6.45) is 0. The Morgan fingerprint density at radius 2 is 2.14 bits per heavy atom. The van der Waals surface area contributed by atoms with E-state index in [0.29, 0.717) is 5.69 Å².